The van der Waals surface area contributed by atoms with Crippen molar-refractivity contribution in [3.8, 4) is 0 Å². The molecule has 1 aromatic heterocycles. The number of halogens is 1. The van der Waals surface area contributed by atoms with Gasteiger partial charge >= 0.3 is 0 Å². The largest absolute Gasteiger partial charge is 0.358 e. The Morgan fingerprint density at radius 1 is 1.22 bits per heavy atom. The number of rotatable bonds is 4. The second kappa shape index (κ2) is 7.09. The van der Waals surface area contributed by atoms with Crippen LogP contribution >= 0.6 is 23.8 Å². The van der Waals surface area contributed by atoms with Gasteiger partial charge in [-0.25, -0.2) is 9.55 Å². The minimum atomic E-state index is -0.676. The fourth-order valence-corrected chi connectivity index (χ4v) is 3.47. The Morgan fingerprint density at radius 2 is 1.96 bits per heavy atom. The van der Waals surface area contributed by atoms with E-state index in [0.29, 0.717) is 22.9 Å². The Hall–Kier alpha value is -2.77. The fraction of sp³-hybridized carbons (Fsp3) is 0.158. The molecule has 2 N–H and O–H groups in total. The highest BCUT2D eigenvalue weighted by molar-refractivity contribution is 7.71. The molecule has 1 aliphatic heterocycles. The van der Waals surface area contributed by atoms with E-state index in [1.165, 1.54) is 4.57 Å². The lowest BCUT2D eigenvalue weighted by atomic mass is 10.2. The SMILES string of the molecule is O=C(C[C@@H]1Nc2c3ccccc3nc(=S)n2C1=O)NCc1ccc(Cl)cc1. The fourth-order valence-electron chi connectivity index (χ4n) is 3.07. The first-order valence-corrected chi connectivity index (χ1v) is 9.15. The van der Waals surface area contributed by atoms with Gasteiger partial charge in [0.05, 0.1) is 11.9 Å². The summed E-state index contributed by atoms with van der Waals surface area (Å²) in [6.07, 6.45) is 0.0111. The van der Waals surface area contributed by atoms with Gasteiger partial charge in [0, 0.05) is 17.0 Å². The predicted molar refractivity (Wildman–Crippen MR) is 107 cm³/mol. The average Bonchev–Trinajstić information content (AvgIpc) is 2.98. The molecule has 27 heavy (non-hydrogen) atoms. The standard InChI is InChI=1S/C19H15ClN4O2S/c20-12-7-5-11(6-8-12)10-21-16(25)9-15-18(26)24-17(22-15)13-3-1-2-4-14(13)23-19(24)27/h1-8,15,22H,9-10H2,(H,21,25)/t15-/m0/s1. The number of para-hydroxylation sites is 1. The molecule has 1 atom stereocenters. The van der Waals surface area contributed by atoms with E-state index < -0.39 is 6.04 Å². The molecular formula is C19H15ClN4O2S. The highest BCUT2D eigenvalue weighted by Crippen LogP contribution is 2.28. The van der Waals surface area contributed by atoms with E-state index in [1.54, 1.807) is 12.1 Å². The van der Waals surface area contributed by atoms with Crippen LogP contribution in [0.15, 0.2) is 48.5 Å². The lowest BCUT2D eigenvalue weighted by Crippen LogP contribution is -2.33. The topological polar surface area (TPSA) is 76.0 Å². The molecular weight excluding hydrogens is 384 g/mol. The van der Waals surface area contributed by atoms with Crippen molar-refractivity contribution in [1.29, 1.82) is 0 Å². The van der Waals surface area contributed by atoms with Gasteiger partial charge in [-0.1, -0.05) is 35.9 Å². The maximum atomic E-state index is 12.7. The molecule has 2 heterocycles. The summed E-state index contributed by atoms with van der Waals surface area (Å²) in [5, 5.41) is 7.39. The van der Waals surface area contributed by atoms with Crippen LogP contribution in [0.3, 0.4) is 0 Å². The van der Waals surface area contributed by atoms with E-state index in [-0.39, 0.29) is 23.0 Å². The number of nitrogens with zero attached hydrogens (tertiary/aromatic N) is 2. The summed E-state index contributed by atoms with van der Waals surface area (Å²) in [6, 6.07) is 14.0. The number of hydrogen-bond donors (Lipinski definition) is 2. The van der Waals surface area contributed by atoms with E-state index in [0.717, 1.165) is 10.9 Å². The number of carbonyl (C=O) groups excluding carboxylic acids is 2. The predicted octanol–water partition coefficient (Wildman–Crippen LogP) is 3.56. The molecule has 6 nitrogen and oxygen atoms in total. The van der Waals surface area contributed by atoms with Crippen molar-refractivity contribution in [3.05, 3.63) is 63.9 Å². The number of carbonyl (C=O) groups is 2. The van der Waals surface area contributed by atoms with E-state index >= 15 is 0 Å². The zero-order valence-corrected chi connectivity index (χ0v) is 15.7. The van der Waals surface area contributed by atoms with E-state index in [2.05, 4.69) is 15.6 Å². The van der Waals surface area contributed by atoms with Crippen LogP contribution in [0.5, 0.6) is 0 Å². The minimum Gasteiger partial charge on any atom is -0.358 e. The Bertz CT molecular complexity index is 1110. The number of aromatic nitrogens is 2. The van der Waals surface area contributed by atoms with Gasteiger partial charge in [0.15, 0.2) is 0 Å². The van der Waals surface area contributed by atoms with Gasteiger partial charge in [-0.15, -0.1) is 0 Å². The van der Waals surface area contributed by atoms with Crippen LogP contribution in [0.2, 0.25) is 5.02 Å². The third-order valence-electron chi connectivity index (χ3n) is 4.41. The molecule has 0 saturated heterocycles. The summed E-state index contributed by atoms with van der Waals surface area (Å²) in [5.74, 6) is 0.0911. The second-order valence-corrected chi connectivity index (χ2v) is 7.04. The third kappa shape index (κ3) is 3.43. The number of amides is 1. The summed E-state index contributed by atoms with van der Waals surface area (Å²) < 4.78 is 1.56. The molecule has 0 radical (unpaired) electrons. The molecule has 0 bridgehead atoms. The summed E-state index contributed by atoms with van der Waals surface area (Å²) in [6.45, 7) is 0.369. The molecule has 8 heteroatoms. The lowest BCUT2D eigenvalue weighted by Gasteiger charge is -2.10. The molecule has 1 amide bonds. The monoisotopic (exact) mass is 398 g/mol. The van der Waals surface area contributed by atoms with Crippen LogP contribution < -0.4 is 10.6 Å². The molecule has 4 rings (SSSR count). The van der Waals surface area contributed by atoms with Gasteiger partial charge in [-0.2, -0.15) is 0 Å². The number of benzene rings is 2. The van der Waals surface area contributed by atoms with Crippen LogP contribution in [0.25, 0.3) is 10.9 Å². The number of hydrogen-bond acceptors (Lipinski definition) is 5. The van der Waals surface area contributed by atoms with E-state index in [9.17, 15) is 9.59 Å². The molecule has 3 aromatic rings. The molecule has 136 valence electrons. The number of fused-ring (bicyclic) bond motifs is 3. The second-order valence-electron chi connectivity index (χ2n) is 6.24. The Morgan fingerprint density at radius 3 is 2.74 bits per heavy atom. The molecule has 0 spiro atoms. The smallest absolute Gasteiger partial charge is 0.257 e. The van der Waals surface area contributed by atoms with Gasteiger partial charge in [0.2, 0.25) is 10.7 Å². The molecule has 1 aliphatic rings. The highest BCUT2D eigenvalue weighted by Gasteiger charge is 2.33. The first kappa shape index (κ1) is 17.6. The van der Waals surface area contributed by atoms with Crippen molar-refractivity contribution < 1.29 is 9.59 Å². The van der Waals surface area contributed by atoms with Crippen LogP contribution in [0.4, 0.5) is 5.82 Å². The van der Waals surface area contributed by atoms with Gasteiger partial charge in [0.25, 0.3) is 5.91 Å². The molecule has 0 unspecified atom stereocenters. The number of nitrogens with one attached hydrogen (secondary N) is 2. The van der Waals surface area contributed by atoms with Crippen LogP contribution in [0, 0.1) is 4.77 Å². The van der Waals surface area contributed by atoms with E-state index in [1.807, 2.05) is 36.4 Å². The van der Waals surface area contributed by atoms with Crippen LogP contribution in [-0.2, 0) is 11.3 Å². The van der Waals surface area contributed by atoms with Gasteiger partial charge < -0.3 is 10.6 Å². The first-order valence-electron chi connectivity index (χ1n) is 8.36. The quantitative estimate of drug-likeness (QED) is 0.657. The maximum absolute atomic E-state index is 12.7. The third-order valence-corrected chi connectivity index (χ3v) is 4.94. The Kier molecular flexibility index (Phi) is 4.63. The van der Waals surface area contributed by atoms with Gasteiger partial charge in [-0.3, -0.25) is 9.59 Å². The van der Waals surface area contributed by atoms with E-state index in [4.69, 9.17) is 23.8 Å². The summed E-state index contributed by atoms with van der Waals surface area (Å²) in [4.78, 5) is 29.3. The van der Waals surface area contributed by atoms with Gasteiger partial charge in [0.1, 0.15) is 11.9 Å². The highest BCUT2D eigenvalue weighted by atomic mass is 35.5. The average molecular weight is 399 g/mol. The normalized spacial score (nSPS) is 15.4. The summed E-state index contributed by atoms with van der Waals surface area (Å²) >= 11 is 11.1. The summed E-state index contributed by atoms with van der Waals surface area (Å²) in [7, 11) is 0. The lowest BCUT2D eigenvalue weighted by molar-refractivity contribution is -0.121. The zero-order valence-electron chi connectivity index (χ0n) is 14.1. The van der Waals surface area contributed by atoms with Crippen LogP contribution in [-0.4, -0.2) is 27.4 Å². The molecule has 0 saturated carbocycles. The van der Waals surface area contributed by atoms with Gasteiger partial charge in [-0.05, 0) is 42.0 Å². The molecule has 2 aromatic carbocycles. The van der Waals surface area contributed by atoms with Crippen molar-refractivity contribution in [2.75, 3.05) is 5.32 Å². The van der Waals surface area contributed by atoms with Crippen molar-refractivity contribution >= 4 is 52.4 Å². The molecule has 0 fully saturated rings. The Balaban J connectivity index is 1.49. The van der Waals surface area contributed by atoms with Crippen molar-refractivity contribution in [2.24, 2.45) is 0 Å². The molecule has 0 aliphatic carbocycles. The maximum Gasteiger partial charge on any atom is 0.257 e. The summed E-state index contributed by atoms with van der Waals surface area (Å²) in [5.41, 5.74) is 1.64. The Labute approximate surface area is 165 Å². The van der Waals surface area contributed by atoms with Crippen molar-refractivity contribution in [1.82, 2.24) is 14.9 Å². The van der Waals surface area contributed by atoms with Crippen molar-refractivity contribution in [2.45, 2.75) is 19.0 Å². The van der Waals surface area contributed by atoms with Crippen molar-refractivity contribution in [3.63, 3.8) is 0 Å². The first-order chi connectivity index (χ1) is 13.0. The number of anilines is 1. The minimum absolute atomic E-state index is 0.0111. The van der Waals surface area contributed by atoms with Crippen LogP contribution in [0.1, 0.15) is 16.8 Å². The zero-order chi connectivity index (χ0) is 19.0.